The molecule has 0 amide bonds. The molecule has 1 aliphatic carbocycles. The molecular formula is C11H12N4O2. The monoisotopic (exact) mass is 232 g/mol. The highest BCUT2D eigenvalue weighted by atomic mass is 16.6. The Labute approximate surface area is 98.4 Å². The van der Waals surface area contributed by atoms with E-state index in [0.29, 0.717) is 0 Å². The second-order valence-corrected chi connectivity index (χ2v) is 4.85. The Bertz CT molecular complexity index is 519. The van der Waals surface area contributed by atoms with Gasteiger partial charge < -0.3 is 5.32 Å². The third-order valence-corrected chi connectivity index (χ3v) is 3.02. The molecule has 88 valence electrons. The van der Waals surface area contributed by atoms with Crippen molar-refractivity contribution >= 4 is 11.5 Å². The maximum Gasteiger partial charge on any atom is 0.312 e. The van der Waals surface area contributed by atoms with Crippen molar-refractivity contribution in [3.05, 3.63) is 27.9 Å². The number of nitriles is 1. The highest BCUT2D eigenvalue weighted by Gasteiger charge is 2.46. The third kappa shape index (κ3) is 2.18. The first kappa shape index (κ1) is 11.3. The molecule has 6 heteroatoms. The van der Waals surface area contributed by atoms with Gasteiger partial charge in [-0.15, -0.1) is 0 Å². The number of anilines is 1. The normalized spacial score (nSPS) is 20.4. The summed E-state index contributed by atoms with van der Waals surface area (Å²) in [5.41, 5.74) is 0.202. The fourth-order valence-electron chi connectivity index (χ4n) is 1.64. The highest BCUT2D eigenvalue weighted by molar-refractivity contribution is 5.59. The largest absolute Gasteiger partial charge is 0.361 e. The molecule has 1 saturated carbocycles. The van der Waals surface area contributed by atoms with Crippen LogP contribution in [0.5, 0.6) is 0 Å². The zero-order valence-electron chi connectivity index (χ0n) is 9.60. The van der Waals surface area contributed by atoms with Gasteiger partial charge in [0.25, 0.3) is 0 Å². The highest BCUT2D eigenvalue weighted by Crippen LogP contribution is 2.47. The predicted octanol–water partition coefficient (Wildman–Crippen LogP) is 2.07. The third-order valence-electron chi connectivity index (χ3n) is 3.02. The summed E-state index contributed by atoms with van der Waals surface area (Å²) in [6, 6.07) is 3.29. The van der Waals surface area contributed by atoms with Gasteiger partial charge in [0.2, 0.25) is 5.82 Å². The van der Waals surface area contributed by atoms with Gasteiger partial charge in [-0.1, -0.05) is 13.8 Å². The molecule has 0 radical (unpaired) electrons. The maximum atomic E-state index is 10.9. The summed E-state index contributed by atoms with van der Waals surface area (Å²) in [7, 11) is 0. The number of nitrogens with one attached hydrogen (secondary N) is 1. The molecule has 2 rings (SSSR count). The van der Waals surface area contributed by atoms with Crippen LogP contribution in [0.3, 0.4) is 0 Å². The SMILES string of the molecule is CC1(C)CC1Nc1ncc(C#N)cc1[N+](=O)[O-]. The van der Waals surface area contributed by atoms with E-state index in [1.165, 1.54) is 12.3 Å². The summed E-state index contributed by atoms with van der Waals surface area (Å²) in [4.78, 5) is 14.3. The van der Waals surface area contributed by atoms with Crippen LogP contribution in [0.1, 0.15) is 25.8 Å². The lowest BCUT2D eigenvalue weighted by Crippen LogP contribution is -2.11. The maximum absolute atomic E-state index is 10.9. The number of nitro groups is 1. The van der Waals surface area contributed by atoms with E-state index in [9.17, 15) is 10.1 Å². The summed E-state index contributed by atoms with van der Waals surface area (Å²) >= 11 is 0. The average molecular weight is 232 g/mol. The van der Waals surface area contributed by atoms with E-state index in [1.807, 2.05) is 6.07 Å². The fraction of sp³-hybridized carbons (Fsp3) is 0.455. The minimum Gasteiger partial charge on any atom is -0.361 e. The van der Waals surface area contributed by atoms with E-state index in [2.05, 4.69) is 24.1 Å². The molecule has 0 saturated heterocycles. The Morgan fingerprint density at radius 3 is 2.82 bits per heavy atom. The Kier molecular flexibility index (Phi) is 2.46. The van der Waals surface area contributed by atoms with Gasteiger partial charge in [-0.2, -0.15) is 5.26 Å². The molecule has 6 nitrogen and oxygen atoms in total. The zero-order chi connectivity index (χ0) is 12.6. The first-order valence-electron chi connectivity index (χ1n) is 5.25. The van der Waals surface area contributed by atoms with E-state index in [4.69, 9.17) is 5.26 Å². The minimum absolute atomic E-state index is 0.147. The standard InChI is InChI=1S/C11H12N4O2/c1-11(2)4-9(11)14-10-8(15(16)17)3-7(5-12)6-13-10/h3,6,9H,4H2,1-2H3,(H,13,14). The first-order chi connectivity index (χ1) is 7.94. The van der Waals surface area contributed by atoms with E-state index >= 15 is 0 Å². The molecule has 1 N–H and O–H groups in total. The van der Waals surface area contributed by atoms with E-state index in [1.54, 1.807) is 0 Å². The first-order valence-corrected chi connectivity index (χ1v) is 5.25. The van der Waals surface area contributed by atoms with Gasteiger partial charge in [0, 0.05) is 18.3 Å². The predicted molar refractivity (Wildman–Crippen MR) is 61.4 cm³/mol. The van der Waals surface area contributed by atoms with Crippen molar-refractivity contribution < 1.29 is 4.92 Å². The van der Waals surface area contributed by atoms with E-state index < -0.39 is 4.92 Å². The molecule has 1 heterocycles. The average Bonchev–Trinajstić information content (AvgIpc) is 2.86. The van der Waals surface area contributed by atoms with Crippen LogP contribution < -0.4 is 5.32 Å². The molecule has 1 fully saturated rings. The lowest BCUT2D eigenvalue weighted by Gasteiger charge is -2.07. The Balaban J connectivity index is 2.28. The van der Waals surface area contributed by atoms with Crippen molar-refractivity contribution in [2.24, 2.45) is 5.41 Å². The van der Waals surface area contributed by atoms with Crippen LogP contribution in [0.2, 0.25) is 0 Å². The van der Waals surface area contributed by atoms with Crippen LogP contribution in [0.4, 0.5) is 11.5 Å². The fourth-order valence-corrected chi connectivity index (χ4v) is 1.64. The minimum atomic E-state index is -0.522. The van der Waals surface area contributed by atoms with E-state index in [-0.39, 0.29) is 28.5 Å². The Hall–Kier alpha value is -2.16. The molecular weight excluding hydrogens is 220 g/mol. The Morgan fingerprint density at radius 1 is 1.71 bits per heavy atom. The second-order valence-electron chi connectivity index (χ2n) is 4.85. The molecule has 1 aromatic heterocycles. The van der Waals surface area contributed by atoms with Crippen molar-refractivity contribution in [1.82, 2.24) is 4.98 Å². The number of aromatic nitrogens is 1. The molecule has 0 spiro atoms. The van der Waals surface area contributed by atoms with E-state index in [0.717, 1.165) is 6.42 Å². The summed E-state index contributed by atoms with van der Waals surface area (Å²) in [5.74, 6) is 0.240. The molecule has 0 bridgehead atoms. The van der Waals surface area contributed by atoms with Gasteiger partial charge in [-0.05, 0) is 11.8 Å². The van der Waals surface area contributed by atoms with Crippen molar-refractivity contribution in [3.63, 3.8) is 0 Å². The zero-order valence-corrected chi connectivity index (χ0v) is 9.60. The lowest BCUT2D eigenvalue weighted by molar-refractivity contribution is -0.384. The molecule has 1 aromatic rings. The van der Waals surface area contributed by atoms with Gasteiger partial charge >= 0.3 is 5.69 Å². The van der Waals surface area contributed by atoms with Crippen LogP contribution in [-0.2, 0) is 0 Å². The molecule has 1 atom stereocenters. The quantitative estimate of drug-likeness (QED) is 0.636. The Morgan fingerprint density at radius 2 is 2.35 bits per heavy atom. The van der Waals surface area contributed by atoms with Crippen LogP contribution in [0.25, 0.3) is 0 Å². The van der Waals surface area contributed by atoms with Crippen LogP contribution in [0.15, 0.2) is 12.3 Å². The summed E-state index contributed by atoms with van der Waals surface area (Å²) in [6.45, 7) is 4.17. The van der Waals surface area contributed by atoms with Gasteiger partial charge in [-0.3, -0.25) is 10.1 Å². The number of hydrogen-bond acceptors (Lipinski definition) is 5. The van der Waals surface area contributed by atoms with Crippen LogP contribution in [-0.4, -0.2) is 15.9 Å². The second kappa shape index (κ2) is 3.70. The number of pyridine rings is 1. The van der Waals surface area contributed by atoms with Crippen molar-refractivity contribution in [3.8, 4) is 6.07 Å². The van der Waals surface area contributed by atoms with Crippen LogP contribution >= 0.6 is 0 Å². The molecule has 0 aromatic carbocycles. The summed E-state index contributed by atoms with van der Waals surface area (Å²) < 4.78 is 0. The van der Waals surface area contributed by atoms with Gasteiger partial charge in [-0.25, -0.2) is 4.98 Å². The van der Waals surface area contributed by atoms with Crippen LogP contribution in [0, 0.1) is 26.9 Å². The van der Waals surface area contributed by atoms with Crippen molar-refractivity contribution in [1.29, 1.82) is 5.26 Å². The smallest absolute Gasteiger partial charge is 0.312 e. The summed E-state index contributed by atoms with van der Waals surface area (Å²) in [5, 5.41) is 22.6. The number of hydrogen-bond donors (Lipinski definition) is 1. The van der Waals surface area contributed by atoms with Gasteiger partial charge in [0.05, 0.1) is 10.5 Å². The van der Waals surface area contributed by atoms with Crippen molar-refractivity contribution in [2.75, 3.05) is 5.32 Å². The topological polar surface area (TPSA) is 91.8 Å². The number of rotatable bonds is 3. The molecule has 17 heavy (non-hydrogen) atoms. The molecule has 0 aliphatic heterocycles. The number of nitrogens with zero attached hydrogens (tertiary/aromatic N) is 3. The lowest BCUT2D eigenvalue weighted by atomic mass is 10.2. The van der Waals surface area contributed by atoms with Gasteiger partial charge in [0.15, 0.2) is 0 Å². The van der Waals surface area contributed by atoms with Crippen molar-refractivity contribution in [2.45, 2.75) is 26.3 Å². The molecule has 1 unspecified atom stereocenters. The summed E-state index contributed by atoms with van der Waals surface area (Å²) in [6.07, 6.45) is 2.30. The van der Waals surface area contributed by atoms with Gasteiger partial charge in [0.1, 0.15) is 6.07 Å². The molecule has 1 aliphatic rings.